The van der Waals surface area contributed by atoms with Crippen LogP contribution in [-0.2, 0) is 15.8 Å². The molecular weight excluding hydrogens is 333 g/mol. The van der Waals surface area contributed by atoms with Gasteiger partial charge in [0.05, 0.1) is 28.3 Å². The molecule has 2 N–H and O–H groups in total. The number of carboxylic acids is 1. The number of rotatable bonds is 6. The van der Waals surface area contributed by atoms with Gasteiger partial charge in [-0.1, -0.05) is 11.8 Å². The minimum atomic E-state index is -4.44. The number of thioether (sulfide) groups is 1. The highest BCUT2D eigenvalue weighted by Crippen LogP contribution is 2.35. The second kappa shape index (κ2) is 6.77. The number of carbonyl (C=O) groups excluding carboxylic acids is 1. The Kier molecular flexibility index (Phi) is 5.18. The van der Waals surface area contributed by atoms with Gasteiger partial charge in [-0.3, -0.25) is 9.59 Å². The molecule has 5 nitrogen and oxygen atoms in total. The normalized spacial score (nSPS) is 16.5. The van der Waals surface area contributed by atoms with Crippen molar-refractivity contribution in [2.75, 3.05) is 5.75 Å². The average Bonchev–Trinajstić information content (AvgIpc) is 2.41. The summed E-state index contributed by atoms with van der Waals surface area (Å²) in [5.41, 5.74) is -1.53. The van der Waals surface area contributed by atoms with Gasteiger partial charge in [0, 0.05) is 6.20 Å². The largest absolute Gasteiger partial charge is 0.481 e. The molecule has 0 unspecified atom stereocenters. The fourth-order valence-corrected chi connectivity index (χ4v) is 2.99. The lowest BCUT2D eigenvalue weighted by atomic mass is 9.74. The number of halogens is 3. The predicted octanol–water partition coefficient (Wildman–Crippen LogP) is 2.71. The van der Waals surface area contributed by atoms with Gasteiger partial charge in [0.1, 0.15) is 0 Å². The minimum absolute atomic E-state index is 0.0280. The third-order valence-corrected chi connectivity index (χ3v) is 4.56. The summed E-state index contributed by atoms with van der Waals surface area (Å²) >= 11 is 1.00. The quantitative estimate of drug-likeness (QED) is 0.773. The van der Waals surface area contributed by atoms with Crippen molar-refractivity contribution in [3.63, 3.8) is 0 Å². The van der Waals surface area contributed by atoms with Crippen LogP contribution in [0.15, 0.2) is 23.4 Å². The first-order valence-electron chi connectivity index (χ1n) is 6.89. The van der Waals surface area contributed by atoms with Crippen LogP contribution in [0.5, 0.6) is 0 Å². The van der Waals surface area contributed by atoms with Crippen LogP contribution in [0.2, 0.25) is 0 Å². The molecule has 1 amide bonds. The van der Waals surface area contributed by atoms with E-state index < -0.39 is 23.2 Å². The number of carbonyl (C=O) groups is 2. The lowest BCUT2D eigenvalue weighted by molar-refractivity contribution is -0.140. The molecule has 1 aromatic rings. The minimum Gasteiger partial charge on any atom is -0.481 e. The Hall–Kier alpha value is -1.77. The number of carboxylic acid groups (broad SMARTS) is 1. The summed E-state index contributed by atoms with van der Waals surface area (Å²) in [7, 11) is 0. The third-order valence-electron chi connectivity index (χ3n) is 3.62. The molecular formula is C14H15F3N2O3S. The zero-order valence-corrected chi connectivity index (χ0v) is 12.8. The molecule has 1 fully saturated rings. The van der Waals surface area contributed by atoms with Gasteiger partial charge in [-0.05, 0) is 31.4 Å². The highest BCUT2D eigenvalue weighted by Gasteiger charge is 2.40. The van der Waals surface area contributed by atoms with Gasteiger partial charge in [-0.2, -0.15) is 13.2 Å². The monoisotopic (exact) mass is 348 g/mol. The van der Waals surface area contributed by atoms with Gasteiger partial charge in [0.15, 0.2) is 0 Å². The van der Waals surface area contributed by atoms with Gasteiger partial charge < -0.3 is 10.4 Å². The van der Waals surface area contributed by atoms with Gasteiger partial charge in [-0.15, -0.1) is 0 Å². The fourth-order valence-electron chi connectivity index (χ4n) is 2.34. The maximum Gasteiger partial charge on any atom is 0.417 e. The Morgan fingerprint density at radius 3 is 2.48 bits per heavy atom. The molecule has 1 saturated carbocycles. The van der Waals surface area contributed by atoms with Crippen LogP contribution in [0.4, 0.5) is 13.2 Å². The summed E-state index contributed by atoms with van der Waals surface area (Å²) in [5, 5.41) is 11.9. The van der Waals surface area contributed by atoms with Gasteiger partial charge in [0.25, 0.3) is 0 Å². The number of aliphatic carboxylic acids is 1. The van der Waals surface area contributed by atoms with E-state index in [1.54, 1.807) is 0 Å². The number of hydrogen-bond acceptors (Lipinski definition) is 4. The lowest BCUT2D eigenvalue weighted by Crippen LogP contribution is -2.55. The molecule has 0 atom stereocenters. The summed E-state index contributed by atoms with van der Waals surface area (Å²) in [6, 6.07) is 2.11. The van der Waals surface area contributed by atoms with Crippen LogP contribution in [0.25, 0.3) is 0 Å². The Labute approximate surface area is 134 Å². The summed E-state index contributed by atoms with van der Waals surface area (Å²) < 4.78 is 37.2. The number of nitrogens with one attached hydrogen (secondary N) is 1. The van der Waals surface area contributed by atoms with Crippen LogP contribution < -0.4 is 5.32 Å². The molecule has 0 bridgehead atoms. The molecule has 1 aliphatic rings. The first-order valence-corrected chi connectivity index (χ1v) is 7.88. The maximum atomic E-state index is 12.4. The molecule has 0 saturated heterocycles. The van der Waals surface area contributed by atoms with Crippen LogP contribution in [-0.4, -0.2) is 33.3 Å². The van der Waals surface area contributed by atoms with Crippen LogP contribution in [0.1, 0.15) is 31.2 Å². The SMILES string of the molecule is O=C(O)CC1(NC(=O)CSc2ccc(C(F)(F)F)cn2)CCC1. The summed E-state index contributed by atoms with van der Waals surface area (Å²) in [5.74, 6) is -1.35. The number of hydrogen-bond donors (Lipinski definition) is 2. The average molecular weight is 348 g/mol. The number of nitrogens with zero attached hydrogens (tertiary/aromatic N) is 1. The van der Waals surface area contributed by atoms with E-state index >= 15 is 0 Å². The number of alkyl halides is 3. The van der Waals surface area contributed by atoms with E-state index in [1.165, 1.54) is 6.07 Å². The Morgan fingerprint density at radius 2 is 2.04 bits per heavy atom. The van der Waals surface area contributed by atoms with Gasteiger partial charge in [-0.25, -0.2) is 4.98 Å². The van der Waals surface area contributed by atoms with E-state index in [2.05, 4.69) is 10.3 Å². The molecule has 0 aromatic carbocycles. The summed E-state index contributed by atoms with van der Waals surface area (Å²) in [6.07, 6.45) is -1.75. The Balaban J connectivity index is 1.86. The molecule has 0 radical (unpaired) electrons. The molecule has 1 aliphatic carbocycles. The van der Waals surface area contributed by atoms with E-state index in [0.717, 1.165) is 30.4 Å². The summed E-state index contributed by atoms with van der Waals surface area (Å²) in [6.45, 7) is 0. The number of pyridine rings is 1. The first-order chi connectivity index (χ1) is 10.7. The van der Waals surface area contributed by atoms with Crippen molar-refractivity contribution in [3.8, 4) is 0 Å². The molecule has 2 rings (SSSR count). The predicted molar refractivity (Wildman–Crippen MR) is 76.9 cm³/mol. The summed E-state index contributed by atoms with van der Waals surface area (Å²) in [4.78, 5) is 26.4. The van der Waals surface area contributed by atoms with Crippen molar-refractivity contribution in [2.45, 2.75) is 42.4 Å². The second-order valence-electron chi connectivity index (χ2n) is 5.42. The smallest absolute Gasteiger partial charge is 0.417 e. The van der Waals surface area contributed by atoms with E-state index in [1.807, 2.05) is 0 Å². The molecule has 9 heteroatoms. The van der Waals surface area contributed by atoms with E-state index in [0.29, 0.717) is 17.9 Å². The molecule has 1 heterocycles. The van der Waals surface area contributed by atoms with Crippen LogP contribution >= 0.6 is 11.8 Å². The first kappa shape index (κ1) is 17.6. The molecule has 1 aromatic heterocycles. The maximum absolute atomic E-state index is 12.4. The zero-order valence-electron chi connectivity index (χ0n) is 12.0. The molecule has 0 spiro atoms. The Morgan fingerprint density at radius 1 is 1.35 bits per heavy atom. The van der Waals surface area contributed by atoms with Crippen molar-refractivity contribution >= 4 is 23.6 Å². The van der Waals surface area contributed by atoms with E-state index in [9.17, 15) is 22.8 Å². The van der Waals surface area contributed by atoms with E-state index in [-0.39, 0.29) is 18.1 Å². The van der Waals surface area contributed by atoms with Gasteiger partial charge >= 0.3 is 12.1 Å². The van der Waals surface area contributed by atoms with Crippen molar-refractivity contribution in [3.05, 3.63) is 23.9 Å². The van der Waals surface area contributed by atoms with Crippen molar-refractivity contribution < 1.29 is 27.9 Å². The topological polar surface area (TPSA) is 79.3 Å². The number of amides is 1. The number of aromatic nitrogens is 1. The van der Waals surface area contributed by atoms with E-state index in [4.69, 9.17) is 5.11 Å². The molecule has 23 heavy (non-hydrogen) atoms. The Bertz CT molecular complexity index is 586. The van der Waals surface area contributed by atoms with Crippen molar-refractivity contribution in [1.29, 1.82) is 0 Å². The van der Waals surface area contributed by atoms with Crippen molar-refractivity contribution in [2.24, 2.45) is 0 Å². The lowest BCUT2D eigenvalue weighted by Gasteiger charge is -2.41. The fraction of sp³-hybridized carbons (Fsp3) is 0.500. The van der Waals surface area contributed by atoms with Gasteiger partial charge in [0.2, 0.25) is 5.91 Å². The molecule has 126 valence electrons. The third kappa shape index (κ3) is 4.85. The van der Waals surface area contributed by atoms with Crippen LogP contribution in [0, 0.1) is 0 Å². The second-order valence-corrected chi connectivity index (χ2v) is 6.42. The highest BCUT2D eigenvalue weighted by atomic mass is 32.2. The zero-order chi connectivity index (χ0) is 17.1. The highest BCUT2D eigenvalue weighted by molar-refractivity contribution is 7.99. The van der Waals surface area contributed by atoms with Crippen molar-refractivity contribution in [1.82, 2.24) is 10.3 Å². The molecule has 0 aliphatic heterocycles. The standard InChI is InChI=1S/C14H15F3N2O3S/c15-14(16,17)9-2-3-11(18-7-9)23-8-10(20)19-13(4-1-5-13)6-12(21)22/h2-3,7H,1,4-6,8H2,(H,19,20)(H,21,22). The van der Waals surface area contributed by atoms with Crippen LogP contribution in [0.3, 0.4) is 0 Å².